The second-order valence-electron chi connectivity index (χ2n) is 8.22. The number of nitrogens with one attached hydrogen (secondary N) is 1. The third-order valence-corrected chi connectivity index (χ3v) is 6.91. The second-order valence-corrected chi connectivity index (χ2v) is 9.08. The topological polar surface area (TPSA) is 57.7 Å². The van der Waals surface area contributed by atoms with Crippen molar-refractivity contribution in [1.29, 1.82) is 0 Å². The predicted molar refractivity (Wildman–Crippen MR) is 130 cm³/mol. The first-order valence-corrected chi connectivity index (χ1v) is 11.8. The number of hydrogen-bond acceptors (Lipinski definition) is 6. The normalized spacial score (nSPS) is 15.0. The summed E-state index contributed by atoms with van der Waals surface area (Å²) in [5, 5.41) is 6.22. The number of rotatable bonds is 7. The average Bonchev–Trinajstić information content (AvgIpc) is 3.27. The number of carbonyl (C=O) groups is 1. The van der Waals surface area contributed by atoms with Gasteiger partial charge in [-0.1, -0.05) is 24.3 Å². The molecule has 2 heterocycles. The van der Waals surface area contributed by atoms with Gasteiger partial charge in [0.2, 0.25) is 5.91 Å². The van der Waals surface area contributed by atoms with Gasteiger partial charge in [0.15, 0.2) is 0 Å². The Morgan fingerprint density at radius 3 is 2.62 bits per heavy atom. The van der Waals surface area contributed by atoms with Gasteiger partial charge in [0.1, 0.15) is 10.8 Å². The molecular weight excluding hydrogens is 420 g/mol. The van der Waals surface area contributed by atoms with Crippen LogP contribution in [-0.4, -0.2) is 60.5 Å². The van der Waals surface area contributed by atoms with E-state index in [-0.39, 0.29) is 5.91 Å². The summed E-state index contributed by atoms with van der Waals surface area (Å²) in [6.45, 7) is 9.00. The molecule has 1 amide bonds. The molecule has 1 aliphatic rings. The maximum atomic E-state index is 12.5. The lowest BCUT2D eigenvalue weighted by molar-refractivity contribution is -0.117. The van der Waals surface area contributed by atoms with Crippen LogP contribution in [0.1, 0.15) is 16.8 Å². The van der Waals surface area contributed by atoms with Crippen molar-refractivity contribution >= 4 is 22.9 Å². The minimum Gasteiger partial charge on any atom is -0.497 e. The smallest absolute Gasteiger partial charge is 0.238 e. The molecule has 1 fully saturated rings. The van der Waals surface area contributed by atoms with Crippen LogP contribution in [0.15, 0.2) is 47.8 Å². The molecule has 1 N–H and O–H groups in total. The van der Waals surface area contributed by atoms with E-state index in [1.165, 1.54) is 5.56 Å². The summed E-state index contributed by atoms with van der Waals surface area (Å²) in [6, 6.07) is 14.0. The fourth-order valence-electron chi connectivity index (χ4n) is 3.88. The number of amides is 1. The highest BCUT2D eigenvalue weighted by Crippen LogP contribution is 2.27. The van der Waals surface area contributed by atoms with Crippen molar-refractivity contribution < 1.29 is 9.53 Å². The van der Waals surface area contributed by atoms with E-state index in [1.807, 2.05) is 37.3 Å². The quantitative estimate of drug-likeness (QED) is 0.585. The zero-order chi connectivity index (χ0) is 22.5. The van der Waals surface area contributed by atoms with Crippen molar-refractivity contribution in [3.05, 3.63) is 64.7 Å². The summed E-state index contributed by atoms with van der Waals surface area (Å²) in [5.74, 6) is 0.895. The molecule has 168 valence electrons. The molecule has 7 heteroatoms. The summed E-state index contributed by atoms with van der Waals surface area (Å²) in [6.07, 6.45) is 0. The monoisotopic (exact) mass is 450 g/mol. The molecule has 6 nitrogen and oxygen atoms in total. The Bertz CT molecular complexity index is 1070. The van der Waals surface area contributed by atoms with Crippen molar-refractivity contribution in [1.82, 2.24) is 14.8 Å². The zero-order valence-corrected chi connectivity index (χ0v) is 19.7. The lowest BCUT2D eigenvalue weighted by Crippen LogP contribution is -2.48. The Morgan fingerprint density at radius 2 is 1.84 bits per heavy atom. The number of benzene rings is 2. The molecule has 32 heavy (non-hydrogen) atoms. The van der Waals surface area contributed by atoms with Crippen LogP contribution in [0.5, 0.6) is 5.75 Å². The van der Waals surface area contributed by atoms with Crippen molar-refractivity contribution in [2.45, 2.75) is 20.4 Å². The number of aryl methyl sites for hydroxylation is 1. The van der Waals surface area contributed by atoms with Crippen molar-refractivity contribution in [2.24, 2.45) is 0 Å². The molecule has 1 aromatic heterocycles. The van der Waals surface area contributed by atoms with E-state index in [1.54, 1.807) is 18.4 Å². The molecule has 4 rings (SSSR count). The fourth-order valence-corrected chi connectivity index (χ4v) is 4.69. The lowest BCUT2D eigenvalue weighted by atomic mass is 10.1. The van der Waals surface area contributed by atoms with Crippen LogP contribution in [0.25, 0.3) is 10.6 Å². The van der Waals surface area contributed by atoms with Gasteiger partial charge in [-0.3, -0.25) is 14.6 Å². The Labute approximate surface area is 193 Å². The van der Waals surface area contributed by atoms with Gasteiger partial charge in [-0.25, -0.2) is 4.98 Å². The van der Waals surface area contributed by atoms with E-state index in [4.69, 9.17) is 9.72 Å². The van der Waals surface area contributed by atoms with Crippen LogP contribution in [0.2, 0.25) is 0 Å². The minimum atomic E-state index is 0.0505. The van der Waals surface area contributed by atoms with Crippen LogP contribution in [0, 0.1) is 13.8 Å². The average molecular weight is 451 g/mol. The summed E-state index contributed by atoms with van der Waals surface area (Å²) in [4.78, 5) is 22.0. The van der Waals surface area contributed by atoms with Crippen molar-refractivity contribution in [2.75, 3.05) is 45.2 Å². The number of nitrogens with zero attached hydrogens (tertiary/aromatic N) is 3. The number of carbonyl (C=O) groups excluding carboxylic acids is 1. The highest BCUT2D eigenvalue weighted by molar-refractivity contribution is 7.13. The lowest BCUT2D eigenvalue weighted by Gasteiger charge is -2.33. The molecule has 0 aliphatic carbocycles. The van der Waals surface area contributed by atoms with Gasteiger partial charge in [-0.2, -0.15) is 0 Å². The summed E-state index contributed by atoms with van der Waals surface area (Å²) in [7, 11) is 1.68. The first-order chi connectivity index (χ1) is 15.5. The summed E-state index contributed by atoms with van der Waals surface area (Å²) < 4.78 is 5.32. The fraction of sp³-hybridized carbons (Fsp3) is 0.360. The Kier molecular flexibility index (Phi) is 7.19. The van der Waals surface area contributed by atoms with Gasteiger partial charge in [0.05, 0.1) is 19.3 Å². The Morgan fingerprint density at radius 1 is 1.09 bits per heavy atom. The molecule has 0 unspecified atom stereocenters. The van der Waals surface area contributed by atoms with Crippen LogP contribution < -0.4 is 10.1 Å². The Balaban J connectivity index is 1.26. The van der Waals surface area contributed by atoms with Crippen molar-refractivity contribution in [3.8, 4) is 16.3 Å². The number of ether oxygens (including phenoxy) is 1. The molecule has 0 atom stereocenters. The zero-order valence-electron chi connectivity index (χ0n) is 18.9. The van der Waals surface area contributed by atoms with Gasteiger partial charge in [-0.15, -0.1) is 11.3 Å². The second kappa shape index (κ2) is 10.3. The molecular formula is C25H30N4O2S. The first kappa shape index (κ1) is 22.5. The highest BCUT2D eigenvalue weighted by Gasteiger charge is 2.20. The molecule has 1 saturated heterocycles. The maximum Gasteiger partial charge on any atom is 0.238 e. The summed E-state index contributed by atoms with van der Waals surface area (Å²) >= 11 is 1.67. The van der Waals surface area contributed by atoms with Crippen molar-refractivity contribution in [3.63, 3.8) is 0 Å². The minimum absolute atomic E-state index is 0.0505. The number of aromatic nitrogens is 1. The SMILES string of the molecule is COc1cccc(-c2nc(CN3CCN(CC(=O)Nc4cccc(C)c4C)CC3)cs2)c1. The first-order valence-electron chi connectivity index (χ1n) is 10.9. The number of piperazine rings is 1. The van der Waals surface area contributed by atoms with E-state index < -0.39 is 0 Å². The number of anilines is 1. The molecule has 0 bridgehead atoms. The van der Waals surface area contributed by atoms with E-state index in [9.17, 15) is 4.79 Å². The molecule has 0 spiro atoms. The molecule has 1 aliphatic heterocycles. The van der Waals surface area contributed by atoms with Gasteiger partial charge >= 0.3 is 0 Å². The Hall–Kier alpha value is -2.74. The van der Waals surface area contributed by atoms with E-state index >= 15 is 0 Å². The number of thiazole rings is 1. The number of methoxy groups -OCH3 is 1. The molecule has 0 radical (unpaired) electrons. The van der Waals surface area contributed by atoms with Crippen LogP contribution >= 0.6 is 11.3 Å². The third kappa shape index (κ3) is 5.54. The number of hydrogen-bond donors (Lipinski definition) is 1. The van der Waals surface area contributed by atoms with Gasteiger partial charge in [0.25, 0.3) is 0 Å². The maximum absolute atomic E-state index is 12.5. The molecule has 2 aromatic carbocycles. The van der Waals surface area contributed by atoms with Gasteiger partial charge < -0.3 is 10.1 Å². The van der Waals surface area contributed by atoms with Crippen LogP contribution in [-0.2, 0) is 11.3 Å². The van der Waals surface area contributed by atoms with Gasteiger partial charge in [-0.05, 0) is 43.2 Å². The van der Waals surface area contributed by atoms with E-state index in [0.29, 0.717) is 6.54 Å². The molecule has 3 aromatic rings. The van der Waals surface area contributed by atoms with E-state index in [0.717, 1.165) is 66.0 Å². The van der Waals surface area contributed by atoms with Crippen LogP contribution in [0.4, 0.5) is 5.69 Å². The predicted octanol–water partition coefficient (Wildman–Crippen LogP) is 4.19. The van der Waals surface area contributed by atoms with E-state index in [2.05, 4.69) is 39.6 Å². The standard InChI is InChI=1S/C25H30N4O2S/c1-18-6-4-9-23(19(18)2)27-24(30)16-29-12-10-28(11-13-29)15-21-17-32-25(26-21)20-7-5-8-22(14-20)31-3/h4-9,14,17H,10-13,15-16H2,1-3H3,(H,27,30). The molecule has 0 saturated carbocycles. The summed E-state index contributed by atoms with van der Waals surface area (Å²) in [5.41, 5.74) is 5.40. The van der Waals surface area contributed by atoms with Crippen LogP contribution in [0.3, 0.4) is 0 Å². The third-order valence-electron chi connectivity index (χ3n) is 5.96. The van der Waals surface area contributed by atoms with Gasteiger partial charge in [0, 0.05) is 49.4 Å². The largest absolute Gasteiger partial charge is 0.497 e. The highest BCUT2D eigenvalue weighted by atomic mass is 32.1.